The highest BCUT2D eigenvalue weighted by Gasteiger charge is 2.25. The standard InChI is InChI=1S/C19H22FN3O2/c1-25-18-7-6-17(21-12-18)13-23-10-8-14(9-11-23)19(24)22-16-4-2-15(20)3-5-16/h2-7,12,14H,8-11,13H2,1H3,(H,22,24). The van der Waals surface area contributed by atoms with Crippen LogP contribution in [0, 0.1) is 11.7 Å². The number of carbonyl (C=O) groups is 1. The van der Waals surface area contributed by atoms with Crippen molar-refractivity contribution in [3.8, 4) is 5.75 Å². The summed E-state index contributed by atoms with van der Waals surface area (Å²) in [4.78, 5) is 19.0. The molecule has 1 fully saturated rings. The van der Waals surface area contributed by atoms with Crippen LogP contribution in [0.3, 0.4) is 0 Å². The Bertz CT molecular complexity index is 696. The first-order valence-corrected chi connectivity index (χ1v) is 8.42. The molecular formula is C19H22FN3O2. The van der Waals surface area contributed by atoms with Crippen molar-refractivity contribution in [2.24, 2.45) is 5.92 Å². The first kappa shape index (κ1) is 17.4. The van der Waals surface area contributed by atoms with Gasteiger partial charge < -0.3 is 10.1 Å². The molecule has 2 aromatic rings. The third-order valence-electron chi connectivity index (χ3n) is 4.49. The Labute approximate surface area is 146 Å². The Balaban J connectivity index is 1.47. The maximum Gasteiger partial charge on any atom is 0.227 e. The summed E-state index contributed by atoms with van der Waals surface area (Å²) in [6.07, 6.45) is 3.34. The van der Waals surface area contributed by atoms with Crippen molar-refractivity contribution in [1.29, 1.82) is 0 Å². The average Bonchev–Trinajstić information content (AvgIpc) is 2.65. The Hall–Kier alpha value is -2.47. The van der Waals surface area contributed by atoms with Crippen molar-refractivity contribution in [3.05, 3.63) is 54.1 Å². The topological polar surface area (TPSA) is 54.5 Å². The third kappa shape index (κ3) is 4.76. The zero-order chi connectivity index (χ0) is 17.6. The molecule has 6 heteroatoms. The summed E-state index contributed by atoms with van der Waals surface area (Å²) in [5, 5.41) is 2.87. The molecule has 0 radical (unpaired) electrons. The van der Waals surface area contributed by atoms with Crippen molar-refractivity contribution in [3.63, 3.8) is 0 Å². The van der Waals surface area contributed by atoms with Crippen LogP contribution in [0.15, 0.2) is 42.6 Å². The van der Waals surface area contributed by atoms with Gasteiger partial charge in [0.25, 0.3) is 0 Å². The molecule has 25 heavy (non-hydrogen) atoms. The van der Waals surface area contributed by atoms with E-state index in [1.807, 2.05) is 12.1 Å². The first-order valence-electron chi connectivity index (χ1n) is 8.42. The van der Waals surface area contributed by atoms with Crippen LogP contribution in [0.25, 0.3) is 0 Å². The molecular weight excluding hydrogens is 321 g/mol. The number of methoxy groups -OCH3 is 1. The Morgan fingerprint density at radius 1 is 1.24 bits per heavy atom. The van der Waals surface area contributed by atoms with E-state index < -0.39 is 0 Å². The number of halogens is 1. The summed E-state index contributed by atoms with van der Waals surface area (Å²) in [5.74, 6) is 0.442. The number of nitrogens with zero attached hydrogens (tertiary/aromatic N) is 2. The van der Waals surface area contributed by atoms with Crippen LogP contribution in [-0.2, 0) is 11.3 Å². The van der Waals surface area contributed by atoms with E-state index in [4.69, 9.17) is 4.74 Å². The Kier molecular flexibility index (Phi) is 5.60. The average molecular weight is 343 g/mol. The molecule has 0 saturated carbocycles. The number of piperidine rings is 1. The largest absolute Gasteiger partial charge is 0.495 e. The van der Waals surface area contributed by atoms with Crippen LogP contribution in [0.5, 0.6) is 5.75 Å². The normalized spacial score (nSPS) is 15.8. The van der Waals surface area contributed by atoms with Gasteiger partial charge in [-0.05, 0) is 62.3 Å². The van der Waals surface area contributed by atoms with Crippen molar-refractivity contribution in [2.75, 3.05) is 25.5 Å². The second kappa shape index (κ2) is 8.07. The summed E-state index contributed by atoms with van der Waals surface area (Å²) in [5.41, 5.74) is 1.63. The molecule has 3 rings (SSSR count). The molecule has 1 N–H and O–H groups in total. The number of ether oxygens (including phenoxy) is 1. The van der Waals surface area contributed by atoms with Crippen LogP contribution in [-0.4, -0.2) is 36.0 Å². The number of hydrogen-bond acceptors (Lipinski definition) is 4. The molecule has 2 heterocycles. The molecule has 0 aliphatic carbocycles. The smallest absolute Gasteiger partial charge is 0.227 e. The van der Waals surface area contributed by atoms with E-state index in [9.17, 15) is 9.18 Å². The molecule has 132 valence electrons. The monoisotopic (exact) mass is 343 g/mol. The van der Waals surface area contributed by atoms with E-state index in [1.165, 1.54) is 12.1 Å². The van der Waals surface area contributed by atoms with Crippen molar-refractivity contribution in [2.45, 2.75) is 19.4 Å². The van der Waals surface area contributed by atoms with Crippen molar-refractivity contribution in [1.82, 2.24) is 9.88 Å². The number of amides is 1. The van der Waals surface area contributed by atoms with Gasteiger partial charge in [0.1, 0.15) is 11.6 Å². The summed E-state index contributed by atoms with van der Waals surface area (Å²) in [7, 11) is 1.62. The Morgan fingerprint density at radius 3 is 2.56 bits per heavy atom. The number of hydrogen-bond donors (Lipinski definition) is 1. The molecule has 0 bridgehead atoms. The van der Waals surface area contributed by atoms with Gasteiger partial charge in [0.15, 0.2) is 0 Å². The minimum Gasteiger partial charge on any atom is -0.495 e. The number of rotatable bonds is 5. The molecule has 1 amide bonds. The lowest BCUT2D eigenvalue weighted by atomic mass is 9.95. The predicted octanol–water partition coefficient (Wildman–Crippen LogP) is 3.08. The lowest BCUT2D eigenvalue weighted by Gasteiger charge is -2.31. The van der Waals surface area contributed by atoms with E-state index in [2.05, 4.69) is 15.2 Å². The fourth-order valence-corrected chi connectivity index (χ4v) is 2.99. The van der Waals surface area contributed by atoms with Gasteiger partial charge in [-0.25, -0.2) is 4.39 Å². The van der Waals surface area contributed by atoms with Gasteiger partial charge >= 0.3 is 0 Å². The molecule has 1 aromatic heterocycles. The van der Waals surface area contributed by atoms with Crippen LogP contribution in [0.4, 0.5) is 10.1 Å². The zero-order valence-corrected chi connectivity index (χ0v) is 14.2. The summed E-state index contributed by atoms with van der Waals surface area (Å²) in [6.45, 7) is 2.49. The fourth-order valence-electron chi connectivity index (χ4n) is 2.99. The van der Waals surface area contributed by atoms with Gasteiger partial charge in [-0.3, -0.25) is 14.7 Å². The van der Waals surface area contributed by atoms with Crippen molar-refractivity contribution >= 4 is 11.6 Å². The zero-order valence-electron chi connectivity index (χ0n) is 14.2. The lowest BCUT2D eigenvalue weighted by Crippen LogP contribution is -2.37. The van der Waals surface area contributed by atoms with E-state index in [-0.39, 0.29) is 17.6 Å². The van der Waals surface area contributed by atoms with Gasteiger partial charge in [0.05, 0.1) is 19.0 Å². The maximum atomic E-state index is 12.9. The van der Waals surface area contributed by atoms with Crippen LogP contribution < -0.4 is 10.1 Å². The molecule has 0 atom stereocenters. The number of pyridine rings is 1. The minimum atomic E-state index is -0.307. The highest BCUT2D eigenvalue weighted by molar-refractivity contribution is 5.92. The maximum absolute atomic E-state index is 12.9. The number of aromatic nitrogens is 1. The van der Waals surface area contributed by atoms with Crippen LogP contribution >= 0.6 is 0 Å². The number of carbonyl (C=O) groups excluding carboxylic acids is 1. The second-order valence-corrected chi connectivity index (χ2v) is 6.24. The SMILES string of the molecule is COc1ccc(CN2CCC(C(=O)Nc3ccc(F)cc3)CC2)nc1. The number of anilines is 1. The summed E-state index contributed by atoms with van der Waals surface area (Å²) < 4.78 is 18.0. The lowest BCUT2D eigenvalue weighted by molar-refractivity contribution is -0.121. The van der Waals surface area contributed by atoms with Crippen molar-refractivity contribution < 1.29 is 13.9 Å². The second-order valence-electron chi connectivity index (χ2n) is 6.24. The third-order valence-corrected chi connectivity index (χ3v) is 4.49. The molecule has 5 nitrogen and oxygen atoms in total. The van der Waals surface area contributed by atoms with Gasteiger partial charge in [-0.1, -0.05) is 0 Å². The van der Waals surface area contributed by atoms with E-state index >= 15 is 0 Å². The number of nitrogens with one attached hydrogen (secondary N) is 1. The first-order chi connectivity index (χ1) is 12.1. The van der Waals surface area contributed by atoms with Gasteiger partial charge in [-0.15, -0.1) is 0 Å². The minimum absolute atomic E-state index is 0.00818. The fraction of sp³-hybridized carbons (Fsp3) is 0.368. The highest BCUT2D eigenvalue weighted by atomic mass is 19.1. The number of benzene rings is 1. The van der Waals surface area contributed by atoms with Gasteiger partial charge in [0.2, 0.25) is 5.91 Å². The summed E-state index contributed by atoms with van der Waals surface area (Å²) in [6, 6.07) is 9.73. The quantitative estimate of drug-likeness (QED) is 0.906. The van der Waals surface area contributed by atoms with E-state index in [0.29, 0.717) is 5.69 Å². The molecule has 0 spiro atoms. The van der Waals surface area contributed by atoms with Crippen LogP contribution in [0.1, 0.15) is 18.5 Å². The molecule has 1 aromatic carbocycles. The Morgan fingerprint density at radius 2 is 1.96 bits per heavy atom. The number of likely N-dealkylation sites (tertiary alicyclic amines) is 1. The van der Waals surface area contributed by atoms with E-state index in [0.717, 1.165) is 43.9 Å². The molecule has 1 aliphatic rings. The van der Waals surface area contributed by atoms with E-state index in [1.54, 1.807) is 25.4 Å². The van der Waals surface area contributed by atoms with Gasteiger partial charge in [0, 0.05) is 18.2 Å². The van der Waals surface area contributed by atoms with Crippen LogP contribution in [0.2, 0.25) is 0 Å². The predicted molar refractivity (Wildman–Crippen MR) is 93.8 cm³/mol. The molecule has 1 saturated heterocycles. The molecule has 0 unspecified atom stereocenters. The molecule has 1 aliphatic heterocycles. The highest BCUT2D eigenvalue weighted by Crippen LogP contribution is 2.21. The summed E-state index contributed by atoms with van der Waals surface area (Å²) >= 11 is 0. The van der Waals surface area contributed by atoms with Gasteiger partial charge in [-0.2, -0.15) is 0 Å².